The van der Waals surface area contributed by atoms with E-state index in [2.05, 4.69) is 5.32 Å². The van der Waals surface area contributed by atoms with Crippen LogP contribution < -0.4 is 5.32 Å². The summed E-state index contributed by atoms with van der Waals surface area (Å²) in [6, 6.07) is -0.0410. The molecular weight excluding hydrogens is 264 g/mol. The summed E-state index contributed by atoms with van der Waals surface area (Å²) in [4.78, 5) is 13.8. The number of likely N-dealkylation sites (N-methyl/N-ethyl adjacent to an activating group) is 1. The van der Waals surface area contributed by atoms with E-state index in [1.165, 1.54) is 6.26 Å². The number of amides is 1. The number of nitrogens with zero attached hydrogens (tertiary/aromatic N) is 1. The molecule has 0 aliphatic heterocycles. The van der Waals surface area contributed by atoms with Gasteiger partial charge >= 0.3 is 0 Å². The van der Waals surface area contributed by atoms with E-state index in [1.807, 2.05) is 32.7 Å². The Labute approximate surface area is 116 Å². The van der Waals surface area contributed by atoms with Crippen LogP contribution in [0, 0.1) is 0 Å². The van der Waals surface area contributed by atoms with Crippen LogP contribution in [0.15, 0.2) is 0 Å². The molecule has 6 heteroatoms. The van der Waals surface area contributed by atoms with Gasteiger partial charge in [-0.3, -0.25) is 9.69 Å². The number of carbonyl (C=O) groups excluding carboxylic acids is 1. The van der Waals surface area contributed by atoms with Gasteiger partial charge in [0.15, 0.2) is 9.84 Å². The highest BCUT2D eigenvalue weighted by Crippen LogP contribution is 2.28. The van der Waals surface area contributed by atoms with Gasteiger partial charge < -0.3 is 5.32 Å². The molecule has 1 fully saturated rings. The van der Waals surface area contributed by atoms with Gasteiger partial charge in [-0.05, 0) is 40.7 Å². The minimum absolute atomic E-state index is 0.0410. The first kappa shape index (κ1) is 16.4. The molecule has 0 unspecified atom stereocenters. The van der Waals surface area contributed by atoms with Crippen molar-refractivity contribution in [1.82, 2.24) is 10.2 Å². The van der Waals surface area contributed by atoms with Crippen molar-refractivity contribution < 1.29 is 13.2 Å². The van der Waals surface area contributed by atoms with Crippen molar-refractivity contribution in [3.8, 4) is 0 Å². The van der Waals surface area contributed by atoms with Crippen LogP contribution in [0.5, 0.6) is 0 Å². The molecule has 0 heterocycles. The van der Waals surface area contributed by atoms with Crippen LogP contribution in [-0.2, 0) is 14.6 Å². The van der Waals surface area contributed by atoms with Crippen LogP contribution >= 0.6 is 0 Å². The van der Waals surface area contributed by atoms with Crippen LogP contribution in [0.3, 0.4) is 0 Å². The zero-order valence-electron chi connectivity index (χ0n) is 12.6. The maximum atomic E-state index is 11.9. The molecule has 0 aromatic carbocycles. The average Bonchev–Trinajstić information content (AvgIpc) is 2.60. The molecule has 1 amide bonds. The summed E-state index contributed by atoms with van der Waals surface area (Å²) in [5, 5.41) is 2.56. The molecule has 112 valence electrons. The fourth-order valence-corrected chi connectivity index (χ4v) is 4.22. The third kappa shape index (κ3) is 5.10. The third-order valence-electron chi connectivity index (χ3n) is 3.44. The Morgan fingerprint density at radius 1 is 1.32 bits per heavy atom. The topological polar surface area (TPSA) is 66.5 Å². The van der Waals surface area contributed by atoms with Gasteiger partial charge in [0.2, 0.25) is 5.91 Å². The lowest BCUT2D eigenvalue weighted by atomic mass is 10.1. The molecule has 0 bridgehead atoms. The van der Waals surface area contributed by atoms with Crippen molar-refractivity contribution in [1.29, 1.82) is 0 Å². The summed E-state index contributed by atoms with van der Waals surface area (Å²) < 4.78 is 23.5. The molecule has 0 aromatic rings. The van der Waals surface area contributed by atoms with E-state index in [1.54, 1.807) is 0 Å². The summed E-state index contributed by atoms with van der Waals surface area (Å²) in [6.45, 7) is 6.04. The maximum Gasteiger partial charge on any atom is 0.234 e. The number of sulfone groups is 1. The van der Waals surface area contributed by atoms with Gasteiger partial charge in [0.1, 0.15) is 0 Å². The van der Waals surface area contributed by atoms with E-state index in [9.17, 15) is 13.2 Å². The summed E-state index contributed by atoms with van der Waals surface area (Å²) in [6.07, 6.45) is 3.75. The SMILES string of the molecule is CN(CC(=O)NC(C)(C)C)[C@@H]1CCC[C@H]1S(C)(=O)=O. The number of hydrogen-bond donors (Lipinski definition) is 1. The second-order valence-corrected chi connectivity index (χ2v) is 8.84. The lowest BCUT2D eigenvalue weighted by Crippen LogP contribution is -2.49. The second kappa shape index (κ2) is 5.79. The summed E-state index contributed by atoms with van der Waals surface area (Å²) in [5.41, 5.74) is -0.260. The molecular formula is C13H26N2O3S. The van der Waals surface area contributed by atoms with E-state index < -0.39 is 9.84 Å². The van der Waals surface area contributed by atoms with Gasteiger partial charge in [0.05, 0.1) is 11.8 Å². The molecule has 1 aliphatic carbocycles. The molecule has 1 saturated carbocycles. The first-order valence-electron chi connectivity index (χ1n) is 6.71. The molecule has 1 aliphatic rings. The van der Waals surface area contributed by atoms with E-state index >= 15 is 0 Å². The minimum Gasteiger partial charge on any atom is -0.350 e. The molecule has 0 radical (unpaired) electrons. The highest BCUT2D eigenvalue weighted by molar-refractivity contribution is 7.91. The van der Waals surface area contributed by atoms with Gasteiger partial charge in [-0.2, -0.15) is 0 Å². The summed E-state index contributed by atoms with van der Waals surface area (Å²) in [7, 11) is -1.21. The minimum atomic E-state index is -3.04. The summed E-state index contributed by atoms with van der Waals surface area (Å²) >= 11 is 0. The highest BCUT2D eigenvalue weighted by Gasteiger charge is 2.37. The lowest BCUT2D eigenvalue weighted by Gasteiger charge is -2.29. The monoisotopic (exact) mass is 290 g/mol. The number of carbonyl (C=O) groups is 1. The first-order valence-corrected chi connectivity index (χ1v) is 8.66. The Balaban J connectivity index is 2.63. The maximum absolute atomic E-state index is 11.9. The lowest BCUT2D eigenvalue weighted by molar-refractivity contribution is -0.123. The van der Waals surface area contributed by atoms with Gasteiger partial charge in [0.25, 0.3) is 0 Å². The predicted molar refractivity (Wildman–Crippen MR) is 76.8 cm³/mol. The van der Waals surface area contributed by atoms with Gasteiger partial charge in [0, 0.05) is 17.8 Å². The average molecular weight is 290 g/mol. The van der Waals surface area contributed by atoms with Crippen molar-refractivity contribution in [3.63, 3.8) is 0 Å². The van der Waals surface area contributed by atoms with Crippen molar-refractivity contribution in [2.24, 2.45) is 0 Å². The van der Waals surface area contributed by atoms with Crippen LogP contribution in [0.25, 0.3) is 0 Å². The van der Waals surface area contributed by atoms with Gasteiger partial charge in [-0.15, -0.1) is 0 Å². The standard InChI is InChI=1S/C13H26N2O3S/c1-13(2,3)14-12(16)9-15(4)10-7-6-8-11(10)19(5,17)18/h10-11H,6-9H2,1-5H3,(H,14,16)/t10-,11-/m1/s1. The molecule has 1 rings (SSSR count). The Bertz CT molecular complexity index is 426. The van der Waals surface area contributed by atoms with Crippen LogP contribution in [-0.4, -0.2) is 55.9 Å². The van der Waals surface area contributed by atoms with Crippen molar-refractivity contribution in [2.45, 2.75) is 56.9 Å². The van der Waals surface area contributed by atoms with Crippen LogP contribution in [0.1, 0.15) is 40.0 Å². The zero-order chi connectivity index (χ0) is 14.8. The fourth-order valence-electron chi connectivity index (χ4n) is 2.71. The quantitative estimate of drug-likeness (QED) is 0.831. The zero-order valence-corrected chi connectivity index (χ0v) is 13.4. The molecule has 0 saturated heterocycles. The molecule has 2 atom stereocenters. The van der Waals surface area contributed by atoms with Gasteiger partial charge in [-0.25, -0.2) is 8.42 Å². The Morgan fingerprint density at radius 3 is 2.37 bits per heavy atom. The highest BCUT2D eigenvalue weighted by atomic mass is 32.2. The normalized spacial score (nSPS) is 24.7. The molecule has 5 nitrogen and oxygen atoms in total. The van der Waals surface area contributed by atoms with E-state index in [0.717, 1.165) is 12.8 Å². The van der Waals surface area contributed by atoms with Crippen molar-refractivity contribution >= 4 is 15.7 Å². The molecule has 1 N–H and O–H groups in total. The van der Waals surface area contributed by atoms with Gasteiger partial charge in [-0.1, -0.05) is 6.42 Å². The van der Waals surface area contributed by atoms with E-state index in [4.69, 9.17) is 0 Å². The Morgan fingerprint density at radius 2 is 1.89 bits per heavy atom. The van der Waals surface area contributed by atoms with Crippen molar-refractivity contribution in [3.05, 3.63) is 0 Å². The molecule has 19 heavy (non-hydrogen) atoms. The number of rotatable bonds is 4. The van der Waals surface area contributed by atoms with Crippen molar-refractivity contribution in [2.75, 3.05) is 19.8 Å². The molecule has 0 aromatic heterocycles. The molecule has 0 spiro atoms. The largest absolute Gasteiger partial charge is 0.350 e. The third-order valence-corrected chi connectivity index (χ3v) is 5.09. The predicted octanol–water partition coefficient (Wildman–Crippen LogP) is 0.799. The van der Waals surface area contributed by atoms with E-state index in [0.29, 0.717) is 6.42 Å². The van der Waals surface area contributed by atoms with E-state index in [-0.39, 0.29) is 29.3 Å². The first-order chi connectivity index (χ1) is 8.50. The number of hydrogen-bond acceptors (Lipinski definition) is 4. The summed E-state index contributed by atoms with van der Waals surface area (Å²) in [5.74, 6) is -0.0610. The Hall–Kier alpha value is -0.620. The Kier molecular flexibility index (Phi) is 5.01. The second-order valence-electron chi connectivity index (χ2n) is 6.58. The fraction of sp³-hybridized carbons (Fsp3) is 0.923. The van der Waals surface area contributed by atoms with Crippen LogP contribution in [0.4, 0.5) is 0 Å². The smallest absolute Gasteiger partial charge is 0.234 e. The van der Waals surface area contributed by atoms with Crippen LogP contribution in [0.2, 0.25) is 0 Å². The number of nitrogens with one attached hydrogen (secondary N) is 1.